The van der Waals surface area contributed by atoms with Gasteiger partial charge in [-0.25, -0.2) is 9.97 Å². The summed E-state index contributed by atoms with van der Waals surface area (Å²) in [5, 5.41) is 2.81. The topological polar surface area (TPSA) is 79.9 Å². The standard InChI is InChI=1S/C16H15BrN4O2/c17-11-3-1-4-12(9-11)23-8-6-15(22)19-10-14-20-13-5-2-7-18-16(13)21-14/h1-5,7,9H,6,8,10H2,(H,19,22)(H,18,20,21). The zero-order valence-corrected chi connectivity index (χ0v) is 13.8. The SMILES string of the molecule is O=C(CCOc1cccc(Br)c1)NCc1nc2ncccc2[nH]1. The highest BCUT2D eigenvalue weighted by atomic mass is 79.9. The van der Waals surface area contributed by atoms with Gasteiger partial charge in [-0.05, 0) is 30.3 Å². The Kier molecular flexibility index (Phi) is 4.87. The van der Waals surface area contributed by atoms with Gasteiger partial charge in [0.05, 0.1) is 25.1 Å². The maximum atomic E-state index is 11.8. The number of rotatable bonds is 6. The average Bonchev–Trinajstić information content (AvgIpc) is 2.96. The molecule has 118 valence electrons. The van der Waals surface area contributed by atoms with Crippen LogP contribution < -0.4 is 10.1 Å². The number of hydrogen-bond acceptors (Lipinski definition) is 4. The zero-order valence-electron chi connectivity index (χ0n) is 12.3. The summed E-state index contributed by atoms with van der Waals surface area (Å²) < 4.78 is 6.48. The minimum atomic E-state index is -0.0894. The van der Waals surface area contributed by atoms with Crippen LogP contribution in [0.15, 0.2) is 47.1 Å². The molecule has 23 heavy (non-hydrogen) atoms. The molecule has 0 fully saturated rings. The molecule has 0 unspecified atom stereocenters. The number of hydrogen-bond donors (Lipinski definition) is 2. The van der Waals surface area contributed by atoms with Crippen LogP contribution in [0.4, 0.5) is 0 Å². The molecule has 6 nitrogen and oxygen atoms in total. The molecule has 2 N–H and O–H groups in total. The molecule has 0 aliphatic heterocycles. The van der Waals surface area contributed by atoms with E-state index in [1.807, 2.05) is 36.4 Å². The average molecular weight is 375 g/mol. The van der Waals surface area contributed by atoms with Gasteiger partial charge < -0.3 is 15.0 Å². The minimum absolute atomic E-state index is 0.0894. The fraction of sp³-hybridized carbons (Fsp3) is 0.188. The van der Waals surface area contributed by atoms with Gasteiger partial charge in [-0.1, -0.05) is 22.0 Å². The Balaban J connectivity index is 1.44. The van der Waals surface area contributed by atoms with E-state index in [0.717, 1.165) is 15.7 Å². The van der Waals surface area contributed by atoms with Gasteiger partial charge in [0.15, 0.2) is 5.65 Å². The molecule has 0 radical (unpaired) electrons. The first-order chi connectivity index (χ1) is 11.2. The molecule has 0 bridgehead atoms. The van der Waals surface area contributed by atoms with Crippen molar-refractivity contribution in [3.05, 3.63) is 52.9 Å². The first-order valence-corrected chi connectivity index (χ1v) is 7.95. The summed E-state index contributed by atoms with van der Waals surface area (Å²) in [5.74, 6) is 1.32. The molecule has 3 rings (SSSR count). The third-order valence-electron chi connectivity index (χ3n) is 3.15. The molecule has 0 aliphatic carbocycles. The number of aromatic amines is 1. The van der Waals surface area contributed by atoms with Crippen LogP contribution in [0.2, 0.25) is 0 Å². The van der Waals surface area contributed by atoms with Crippen LogP contribution in [0.25, 0.3) is 11.2 Å². The van der Waals surface area contributed by atoms with E-state index in [1.165, 1.54) is 0 Å². The van der Waals surface area contributed by atoms with Gasteiger partial charge >= 0.3 is 0 Å². The Morgan fingerprint density at radius 1 is 1.30 bits per heavy atom. The highest BCUT2D eigenvalue weighted by Gasteiger charge is 2.06. The van der Waals surface area contributed by atoms with Crippen LogP contribution in [0.3, 0.4) is 0 Å². The molecule has 0 saturated carbocycles. The summed E-state index contributed by atoms with van der Waals surface area (Å²) >= 11 is 3.37. The van der Waals surface area contributed by atoms with Crippen molar-refractivity contribution in [3.63, 3.8) is 0 Å². The zero-order chi connectivity index (χ0) is 16.1. The molecular formula is C16H15BrN4O2. The van der Waals surface area contributed by atoms with Crippen molar-refractivity contribution < 1.29 is 9.53 Å². The largest absolute Gasteiger partial charge is 0.493 e. The number of pyridine rings is 1. The van der Waals surface area contributed by atoms with Crippen molar-refractivity contribution in [2.45, 2.75) is 13.0 Å². The number of H-pyrrole nitrogens is 1. The Bertz CT molecular complexity index is 785. The quantitative estimate of drug-likeness (QED) is 0.695. The maximum Gasteiger partial charge on any atom is 0.223 e. The molecule has 7 heteroatoms. The van der Waals surface area contributed by atoms with E-state index < -0.39 is 0 Å². The summed E-state index contributed by atoms with van der Waals surface area (Å²) in [5.41, 5.74) is 1.50. The van der Waals surface area contributed by atoms with Crippen LogP contribution >= 0.6 is 15.9 Å². The molecule has 0 aliphatic rings. The predicted octanol–water partition coefficient (Wildman–Crippen LogP) is 2.81. The Morgan fingerprint density at radius 2 is 2.22 bits per heavy atom. The summed E-state index contributed by atoms with van der Waals surface area (Å²) in [7, 11) is 0. The smallest absolute Gasteiger partial charge is 0.223 e. The van der Waals surface area contributed by atoms with Crippen LogP contribution in [0, 0.1) is 0 Å². The van der Waals surface area contributed by atoms with E-state index in [1.54, 1.807) is 6.20 Å². The predicted molar refractivity (Wildman–Crippen MR) is 90.0 cm³/mol. The number of carbonyl (C=O) groups excluding carboxylic acids is 1. The molecule has 3 aromatic rings. The number of nitrogens with one attached hydrogen (secondary N) is 2. The lowest BCUT2D eigenvalue weighted by Crippen LogP contribution is -2.24. The molecule has 0 saturated heterocycles. The third-order valence-corrected chi connectivity index (χ3v) is 3.65. The number of benzene rings is 1. The first-order valence-electron chi connectivity index (χ1n) is 7.15. The number of aromatic nitrogens is 3. The fourth-order valence-electron chi connectivity index (χ4n) is 2.07. The van der Waals surface area contributed by atoms with E-state index in [9.17, 15) is 4.79 Å². The van der Waals surface area contributed by atoms with E-state index in [0.29, 0.717) is 24.6 Å². The van der Waals surface area contributed by atoms with Crippen molar-refractivity contribution in [1.29, 1.82) is 0 Å². The highest BCUT2D eigenvalue weighted by Crippen LogP contribution is 2.17. The van der Waals surface area contributed by atoms with Gasteiger partial charge in [0.2, 0.25) is 5.91 Å². The second kappa shape index (κ2) is 7.23. The van der Waals surface area contributed by atoms with Gasteiger partial charge in [-0.3, -0.25) is 4.79 Å². The van der Waals surface area contributed by atoms with E-state index in [4.69, 9.17) is 4.74 Å². The second-order valence-corrected chi connectivity index (χ2v) is 5.81. The van der Waals surface area contributed by atoms with Crippen molar-refractivity contribution in [3.8, 4) is 5.75 Å². The number of imidazole rings is 1. The fourth-order valence-corrected chi connectivity index (χ4v) is 2.45. The lowest BCUT2D eigenvalue weighted by molar-refractivity contribution is -0.121. The van der Waals surface area contributed by atoms with Gasteiger partial charge in [0.1, 0.15) is 11.6 Å². The summed E-state index contributed by atoms with van der Waals surface area (Å²) in [4.78, 5) is 23.4. The molecule has 2 aromatic heterocycles. The molecule has 1 aromatic carbocycles. The summed E-state index contributed by atoms with van der Waals surface area (Å²) in [6.07, 6.45) is 1.97. The minimum Gasteiger partial charge on any atom is -0.493 e. The van der Waals surface area contributed by atoms with Gasteiger partial charge in [0.25, 0.3) is 0 Å². The van der Waals surface area contributed by atoms with Crippen LogP contribution in [-0.2, 0) is 11.3 Å². The summed E-state index contributed by atoms with van der Waals surface area (Å²) in [6, 6.07) is 11.2. The molecule has 0 atom stereocenters. The number of carbonyl (C=O) groups is 1. The molecule has 0 spiro atoms. The van der Waals surface area contributed by atoms with Crippen molar-refractivity contribution in [2.75, 3.05) is 6.61 Å². The number of nitrogens with zero attached hydrogens (tertiary/aromatic N) is 2. The summed E-state index contributed by atoms with van der Waals surface area (Å²) in [6.45, 7) is 0.663. The van der Waals surface area contributed by atoms with Crippen molar-refractivity contribution >= 4 is 33.0 Å². The molecular weight excluding hydrogens is 360 g/mol. The van der Waals surface area contributed by atoms with Crippen molar-refractivity contribution in [1.82, 2.24) is 20.3 Å². The Labute approximate surface area is 141 Å². The number of halogens is 1. The highest BCUT2D eigenvalue weighted by molar-refractivity contribution is 9.10. The second-order valence-electron chi connectivity index (χ2n) is 4.89. The number of fused-ring (bicyclic) bond motifs is 1. The lowest BCUT2D eigenvalue weighted by Gasteiger charge is -2.06. The van der Waals surface area contributed by atoms with Crippen molar-refractivity contribution in [2.24, 2.45) is 0 Å². The Morgan fingerprint density at radius 3 is 3.04 bits per heavy atom. The van der Waals surface area contributed by atoms with Crippen LogP contribution in [0.1, 0.15) is 12.2 Å². The van der Waals surface area contributed by atoms with Gasteiger partial charge in [-0.2, -0.15) is 0 Å². The monoisotopic (exact) mass is 374 g/mol. The van der Waals surface area contributed by atoms with Crippen LogP contribution in [-0.4, -0.2) is 27.5 Å². The van der Waals surface area contributed by atoms with Gasteiger partial charge in [0, 0.05) is 10.7 Å². The van der Waals surface area contributed by atoms with E-state index in [-0.39, 0.29) is 12.3 Å². The van der Waals surface area contributed by atoms with Gasteiger partial charge in [-0.15, -0.1) is 0 Å². The molecule has 1 amide bonds. The Hall–Kier alpha value is -2.41. The lowest BCUT2D eigenvalue weighted by atomic mass is 10.3. The van der Waals surface area contributed by atoms with E-state index >= 15 is 0 Å². The third kappa shape index (κ3) is 4.29. The van der Waals surface area contributed by atoms with E-state index in [2.05, 4.69) is 36.2 Å². The van der Waals surface area contributed by atoms with Crippen LogP contribution in [0.5, 0.6) is 5.75 Å². The molecule has 2 heterocycles. The first kappa shape index (κ1) is 15.5. The maximum absolute atomic E-state index is 11.8. The number of ether oxygens (including phenoxy) is 1. The normalized spacial score (nSPS) is 10.7. The number of amides is 1.